The molecule has 2 fully saturated rings. The number of nitrogens with two attached hydrogens (primary N) is 1. The van der Waals surface area contributed by atoms with Crippen LogP contribution >= 0.6 is 0 Å². The molecule has 0 saturated heterocycles. The molecule has 0 spiro atoms. The van der Waals surface area contributed by atoms with Crippen LogP contribution in [0.15, 0.2) is 48.5 Å². The Balaban J connectivity index is 1.63. The van der Waals surface area contributed by atoms with Crippen LogP contribution in [0.2, 0.25) is 0 Å². The minimum absolute atomic E-state index is 0.00274. The van der Waals surface area contributed by atoms with Crippen LogP contribution in [0.3, 0.4) is 0 Å². The fourth-order valence-corrected chi connectivity index (χ4v) is 6.84. The summed E-state index contributed by atoms with van der Waals surface area (Å²) in [5.74, 6) is 4.69. The number of fused-ring (bicyclic) bond motifs is 9. The van der Waals surface area contributed by atoms with Crippen molar-refractivity contribution in [3.8, 4) is 12.3 Å². The first-order chi connectivity index (χ1) is 13.1. The topological polar surface area (TPSA) is 16.6 Å². The average molecular weight is 355 g/mol. The second-order valence-corrected chi connectivity index (χ2v) is 9.88. The maximum absolute atomic E-state index is 5.89. The highest BCUT2D eigenvalue weighted by Gasteiger charge is 2.66. The number of rotatable bonds is 3. The van der Waals surface area contributed by atoms with Gasteiger partial charge in [-0.15, -0.1) is 12.3 Å². The second kappa shape index (κ2) is 5.06. The molecule has 1 unspecified atom stereocenters. The lowest BCUT2D eigenvalue weighted by Crippen LogP contribution is -3.00. The second-order valence-electron chi connectivity index (χ2n) is 9.88. The van der Waals surface area contributed by atoms with Crippen LogP contribution < -0.4 is 5.32 Å². The highest BCUT2D eigenvalue weighted by Crippen LogP contribution is 2.65. The zero-order chi connectivity index (χ0) is 18.3. The van der Waals surface area contributed by atoms with Crippen LogP contribution in [0, 0.1) is 24.2 Å². The Morgan fingerprint density at radius 1 is 0.963 bits per heavy atom. The Hall–Kier alpha value is -2.04. The van der Waals surface area contributed by atoms with Gasteiger partial charge in [0.1, 0.15) is 11.1 Å². The molecule has 0 aromatic heterocycles. The van der Waals surface area contributed by atoms with E-state index in [0.29, 0.717) is 0 Å². The van der Waals surface area contributed by atoms with E-state index in [-0.39, 0.29) is 16.5 Å². The number of terminal acetylenes is 1. The largest absolute Gasteiger partial charge is 0.325 e. The molecular formula is C26H28N+. The monoisotopic (exact) mass is 354 g/mol. The summed E-state index contributed by atoms with van der Waals surface area (Å²) in [6, 6.07) is 18.5. The minimum atomic E-state index is -0.00274. The van der Waals surface area contributed by atoms with Crippen molar-refractivity contribution >= 4 is 0 Å². The van der Waals surface area contributed by atoms with E-state index in [1.54, 1.807) is 5.56 Å². The summed E-state index contributed by atoms with van der Waals surface area (Å²) in [4.78, 5) is 0. The van der Waals surface area contributed by atoms with Gasteiger partial charge >= 0.3 is 0 Å². The highest BCUT2D eigenvalue weighted by molar-refractivity contribution is 5.54. The van der Waals surface area contributed by atoms with Gasteiger partial charge in [-0.2, -0.15) is 0 Å². The van der Waals surface area contributed by atoms with Gasteiger partial charge in [-0.05, 0) is 43.6 Å². The highest BCUT2D eigenvalue weighted by atomic mass is 15.1. The summed E-state index contributed by atoms with van der Waals surface area (Å²) in [6.45, 7) is 2.46. The molecule has 1 heteroatoms. The molecule has 0 radical (unpaired) electrons. The predicted molar refractivity (Wildman–Crippen MR) is 108 cm³/mol. The molecule has 136 valence electrons. The average Bonchev–Trinajstić information content (AvgIpc) is 3.59. The third-order valence-corrected chi connectivity index (χ3v) is 8.22. The molecular weight excluding hydrogens is 326 g/mol. The van der Waals surface area contributed by atoms with E-state index >= 15 is 0 Å². The minimum Gasteiger partial charge on any atom is -0.325 e. The first-order valence-electron chi connectivity index (χ1n) is 10.6. The summed E-state index contributed by atoms with van der Waals surface area (Å²) in [7, 11) is 0. The van der Waals surface area contributed by atoms with Crippen molar-refractivity contribution in [2.75, 3.05) is 0 Å². The Bertz CT molecular complexity index is 980. The van der Waals surface area contributed by atoms with Crippen LogP contribution in [0.5, 0.6) is 0 Å². The van der Waals surface area contributed by atoms with Crippen molar-refractivity contribution < 1.29 is 5.32 Å². The van der Waals surface area contributed by atoms with E-state index in [1.165, 1.54) is 48.8 Å². The maximum Gasteiger partial charge on any atom is 0.146 e. The summed E-state index contributed by atoms with van der Waals surface area (Å²) in [5, 5.41) is 2.76. The van der Waals surface area contributed by atoms with Crippen LogP contribution in [0.25, 0.3) is 0 Å². The van der Waals surface area contributed by atoms with Gasteiger partial charge in [0, 0.05) is 41.4 Å². The third kappa shape index (κ3) is 2.00. The van der Waals surface area contributed by atoms with Crippen molar-refractivity contribution in [3.63, 3.8) is 0 Å². The van der Waals surface area contributed by atoms with Gasteiger partial charge < -0.3 is 5.32 Å². The molecule has 2 heterocycles. The SMILES string of the molecule is C#CC[C@@]12C[C@@H]1CC1(CC3CC3)[NH2+][C@@](C)(c3ccccc31)c1ccccc12. The summed E-state index contributed by atoms with van der Waals surface area (Å²) >= 11 is 0. The molecule has 27 heavy (non-hydrogen) atoms. The molecule has 2 aromatic rings. The standard InChI is InChI=1S/C26H27N/c1-3-14-25-16-19(25)17-26(15-18-12-13-18)23-11-7-5-9-21(23)24(2,27-26)20-8-4-6-10-22(20)25/h1,4-11,18-19,27H,12-17H2,2H3/p+1/t19-,24-,25-,26?/m1/s1. The number of hydrogen-bond donors (Lipinski definition) is 1. The summed E-state index contributed by atoms with van der Waals surface area (Å²) in [6.07, 6.45) is 13.5. The molecule has 0 amide bonds. The van der Waals surface area contributed by atoms with Crippen molar-refractivity contribution in [2.45, 2.75) is 61.9 Å². The van der Waals surface area contributed by atoms with E-state index in [4.69, 9.17) is 6.42 Å². The predicted octanol–water partition coefficient (Wildman–Crippen LogP) is 4.21. The molecule has 6 rings (SSSR count). The lowest BCUT2D eigenvalue weighted by atomic mass is 9.75. The molecule has 1 nitrogen and oxygen atoms in total. The molecule has 4 atom stereocenters. The van der Waals surface area contributed by atoms with Crippen molar-refractivity contribution in [1.82, 2.24) is 0 Å². The van der Waals surface area contributed by atoms with Crippen molar-refractivity contribution in [3.05, 3.63) is 70.8 Å². The van der Waals surface area contributed by atoms with E-state index in [0.717, 1.165) is 18.3 Å². The van der Waals surface area contributed by atoms with Crippen molar-refractivity contribution in [2.24, 2.45) is 11.8 Å². The van der Waals surface area contributed by atoms with Gasteiger partial charge in [0.15, 0.2) is 0 Å². The van der Waals surface area contributed by atoms with Crippen LogP contribution in [-0.4, -0.2) is 0 Å². The zero-order valence-electron chi connectivity index (χ0n) is 16.2. The van der Waals surface area contributed by atoms with Gasteiger partial charge in [0.05, 0.1) is 0 Å². The van der Waals surface area contributed by atoms with Crippen LogP contribution in [0.1, 0.15) is 67.7 Å². The maximum atomic E-state index is 5.89. The molecule has 2 bridgehead atoms. The van der Waals surface area contributed by atoms with Crippen molar-refractivity contribution in [1.29, 1.82) is 0 Å². The first kappa shape index (κ1) is 16.0. The van der Waals surface area contributed by atoms with E-state index in [2.05, 4.69) is 66.7 Å². The molecule has 4 aliphatic rings. The van der Waals surface area contributed by atoms with Gasteiger partial charge in [-0.25, -0.2) is 0 Å². The lowest BCUT2D eigenvalue weighted by Gasteiger charge is -2.37. The Morgan fingerprint density at radius 2 is 1.59 bits per heavy atom. The van der Waals surface area contributed by atoms with Crippen LogP contribution in [0.4, 0.5) is 0 Å². The third-order valence-electron chi connectivity index (χ3n) is 8.22. The van der Waals surface area contributed by atoms with E-state index in [1.807, 2.05) is 0 Å². The first-order valence-corrected chi connectivity index (χ1v) is 10.6. The smallest absolute Gasteiger partial charge is 0.146 e. The fraction of sp³-hybridized carbons (Fsp3) is 0.462. The number of hydrogen-bond acceptors (Lipinski definition) is 0. The zero-order valence-corrected chi connectivity index (χ0v) is 16.2. The molecule has 2 aromatic carbocycles. The summed E-state index contributed by atoms with van der Waals surface area (Å²) in [5.41, 5.74) is 6.64. The summed E-state index contributed by atoms with van der Waals surface area (Å²) < 4.78 is 0. The molecule has 2 N–H and O–H groups in total. The number of quaternary nitrogens is 1. The molecule has 2 saturated carbocycles. The Morgan fingerprint density at radius 3 is 2.26 bits per heavy atom. The lowest BCUT2D eigenvalue weighted by molar-refractivity contribution is -0.787. The van der Waals surface area contributed by atoms with Gasteiger partial charge in [0.25, 0.3) is 0 Å². The molecule has 2 aliphatic heterocycles. The molecule has 2 aliphatic carbocycles. The Kier molecular flexibility index (Phi) is 2.99. The number of benzene rings is 2. The van der Waals surface area contributed by atoms with Gasteiger partial charge in [0.2, 0.25) is 0 Å². The van der Waals surface area contributed by atoms with Gasteiger partial charge in [-0.1, -0.05) is 48.5 Å². The Labute approximate surface area is 162 Å². The quantitative estimate of drug-likeness (QED) is 0.795. The van der Waals surface area contributed by atoms with Gasteiger partial charge in [-0.3, -0.25) is 0 Å². The fourth-order valence-electron chi connectivity index (χ4n) is 6.84. The van der Waals surface area contributed by atoms with E-state index in [9.17, 15) is 0 Å². The normalized spacial score (nSPS) is 38.0. The van der Waals surface area contributed by atoms with E-state index < -0.39 is 0 Å². The van der Waals surface area contributed by atoms with Crippen LogP contribution in [-0.2, 0) is 16.5 Å².